The third-order valence-electron chi connectivity index (χ3n) is 4.98. The molecule has 0 N–H and O–H groups in total. The number of rotatable bonds is 4. The van der Waals surface area contributed by atoms with Gasteiger partial charge in [0.1, 0.15) is 24.5 Å². The summed E-state index contributed by atoms with van der Waals surface area (Å²) < 4.78 is 64.4. The zero-order chi connectivity index (χ0) is 23.0. The monoisotopic (exact) mass is 451 g/mol. The normalized spacial score (nSPS) is 16.0. The summed E-state index contributed by atoms with van der Waals surface area (Å²) in [6, 6.07) is 5.92. The Balaban J connectivity index is 1.54. The number of hydrogen-bond donors (Lipinski definition) is 0. The Morgan fingerprint density at radius 2 is 1.97 bits per heavy atom. The number of aromatic nitrogens is 2. The number of alkyl halides is 3. The molecule has 2 aromatic heterocycles. The van der Waals surface area contributed by atoms with Crippen LogP contribution in [0, 0.1) is 12.7 Å². The van der Waals surface area contributed by atoms with Gasteiger partial charge in [-0.05, 0) is 31.0 Å². The van der Waals surface area contributed by atoms with Crippen molar-refractivity contribution in [1.29, 1.82) is 0 Å². The highest BCUT2D eigenvalue weighted by Gasteiger charge is 2.46. The van der Waals surface area contributed by atoms with Crippen LogP contribution in [-0.4, -0.2) is 28.4 Å². The van der Waals surface area contributed by atoms with Gasteiger partial charge in [-0.3, -0.25) is 14.5 Å². The van der Waals surface area contributed by atoms with Crippen LogP contribution in [0.1, 0.15) is 34.3 Å². The summed E-state index contributed by atoms with van der Waals surface area (Å²) in [6.07, 6.45) is -3.94. The Hall–Kier alpha value is -3.63. The fraction of sp³-hybridized carbons (Fsp3) is 0.286. The van der Waals surface area contributed by atoms with E-state index < -0.39 is 29.4 Å². The van der Waals surface area contributed by atoms with E-state index in [4.69, 9.17) is 9.15 Å². The smallest absolute Gasteiger partial charge is 0.410 e. The summed E-state index contributed by atoms with van der Waals surface area (Å²) in [5.41, 5.74) is 0.290. The molecule has 1 unspecified atom stereocenters. The number of nitrogens with zero attached hydrogens (tertiary/aromatic N) is 3. The minimum Gasteiger partial charge on any atom is -0.482 e. The van der Waals surface area contributed by atoms with Gasteiger partial charge in [-0.2, -0.15) is 18.3 Å². The van der Waals surface area contributed by atoms with Gasteiger partial charge in [0.25, 0.3) is 5.91 Å². The number of halogens is 4. The Morgan fingerprint density at radius 1 is 1.25 bits per heavy atom. The number of aryl methyl sites for hydroxylation is 1. The molecule has 0 saturated carbocycles. The summed E-state index contributed by atoms with van der Waals surface area (Å²) >= 11 is 0. The number of amides is 1. The Labute approximate surface area is 178 Å². The lowest BCUT2D eigenvalue weighted by molar-refractivity contribution is -0.172. The van der Waals surface area contributed by atoms with E-state index in [0.717, 1.165) is 21.9 Å². The van der Waals surface area contributed by atoms with E-state index in [2.05, 4.69) is 5.10 Å². The van der Waals surface area contributed by atoms with Crippen molar-refractivity contribution >= 4 is 11.7 Å². The molecule has 11 heteroatoms. The van der Waals surface area contributed by atoms with Gasteiger partial charge in [-0.1, -0.05) is 12.1 Å². The summed E-state index contributed by atoms with van der Waals surface area (Å²) in [5.74, 6) is -1.72. The van der Waals surface area contributed by atoms with E-state index in [1.165, 1.54) is 37.3 Å². The van der Waals surface area contributed by atoms with Crippen LogP contribution in [0.2, 0.25) is 0 Å². The highest BCUT2D eigenvalue weighted by Crippen LogP contribution is 2.39. The van der Waals surface area contributed by atoms with Crippen molar-refractivity contribution < 1.29 is 31.5 Å². The van der Waals surface area contributed by atoms with E-state index in [-0.39, 0.29) is 36.9 Å². The van der Waals surface area contributed by atoms with Gasteiger partial charge < -0.3 is 9.15 Å². The van der Waals surface area contributed by atoms with Gasteiger partial charge in [0.2, 0.25) is 11.2 Å². The third-order valence-corrected chi connectivity index (χ3v) is 4.98. The van der Waals surface area contributed by atoms with Crippen molar-refractivity contribution in [2.75, 3.05) is 11.4 Å². The lowest BCUT2D eigenvalue weighted by Gasteiger charge is -2.33. The quantitative estimate of drug-likeness (QED) is 0.560. The molecule has 0 radical (unpaired) electrons. The Morgan fingerprint density at radius 3 is 2.62 bits per heavy atom. The minimum atomic E-state index is -4.52. The summed E-state index contributed by atoms with van der Waals surface area (Å²) in [6.45, 7) is 1.28. The lowest BCUT2D eigenvalue weighted by atomic mass is 10.1. The molecule has 1 amide bonds. The van der Waals surface area contributed by atoms with Crippen molar-refractivity contribution in [3.63, 3.8) is 0 Å². The molecule has 0 saturated heterocycles. The first-order chi connectivity index (χ1) is 15.1. The second-order valence-corrected chi connectivity index (χ2v) is 7.28. The molecule has 0 aliphatic carbocycles. The van der Waals surface area contributed by atoms with Gasteiger partial charge in [0.15, 0.2) is 11.8 Å². The fourth-order valence-corrected chi connectivity index (χ4v) is 3.42. The topological polar surface area (TPSA) is 77.6 Å². The molecule has 3 heterocycles. The van der Waals surface area contributed by atoms with Crippen molar-refractivity contribution in [1.82, 2.24) is 9.78 Å². The molecule has 3 aromatic rings. The van der Waals surface area contributed by atoms with Crippen LogP contribution < -0.4 is 15.1 Å². The third kappa shape index (κ3) is 4.23. The van der Waals surface area contributed by atoms with Crippen molar-refractivity contribution in [2.45, 2.75) is 32.2 Å². The van der Waals surface area contributed by atoms with Gasteiger partial charge >= 0.3 is 6.18 Å². The highest BCUT2D eigenvalue weighted by molar-refractivity contribution is 6.03. The number of carbonyl (C=O) groups is 1. The van der Waals surface area contributed by atoms with Crippen LogP contribution in [0.4, 0.5) is 23.4 Å². The fourth-order valence-electron chi connectivity index (χ4n) is 3.42. The van der Waals surface area contributed by atoms with Crippen molar-refractivity contribution in [3.8, 4) is 5.75 Å². The summed E-state index contributed by atoms with van der Waals surface area (Å²) in [5, 5.41) is 3.88. The molecule has 0 spiro atoms. The Kier molecular flexibility index (Phi) is 5.49. The van der Waals surface area contributed by atoms with Crippen LogP contribution in [0.5, 0.6) is 5.75 Å². The molecule has 1 aliphatic rings. The van der Waals surface area contributed by atoms with Gasteiger partial charge in [0.05, 0.1) is 5.69 Å². The number of anilines is 1. The van der Waals surface area contributed by atoms with E-state index >= 15 is 0 Å². The van der Waals surface area contributed by atoms with Crippen LogP contribution in [0.25, 0.3) is 0 Å². The number of carbonyl (C=O) groups excluding carboxylic acids is 1. The lowest BCUT2D eigenvalue weighted by Crippen LogP contribution is -2.43. The molecule has 1 aromatic carbocycles. The average Bonchev–Trinajstić information content (AvgIpc) is 3.13. The molecule has 168 valence electrons. The van der Waals surface area contributed by atoms with Gasteiger partial charge in [0, 0.05) is 18.7 Å². The summed E-state index contributed by atoms with van der Waals surface area (Å²) in [4.78, 5) is 26.3. The second kappa shape index (κ2) is 8.13. The van der Waals surface area contributed by atoms with Crippen LogP contribution in [0.3, 0.4) is 0 Å². The maximum Gasteiger partial charge on any atom is 0.410 e. The number of benzene rings is 1. The molecule has 1 aliphatic heterocycles. The van der Waals surface area contributed by atoms with E-state index in [0.29, 0.717) is 11.3 Å². The number of fused-ring (bicyclic) bond motifs is 1. The predicted molar refractivity (Wildman–Crippen MR) is 104 cm³/mol. The maximum absolute atomic E-state index is 13.3. The van der Waals surface area contributed by atoms with Crippen LogP contribution in [-0.2, 0) is 6.61 Å². The Bertz CT molecular complexity index is 1200. The SMILES string of the molecule is Cc1cc2n(n1)C(C(F)(F)F)CCN2C(=O)c1cc(=O)c(OCc2ccc(F)cc2)co1. The molecule has 0 bridgehead atoms. The van der Waals surface area contributed by atoms with Crippen LogP contribution >= 0.6 is 0 Å². The highest BCUT2D eigenvalue weighted by atomic mass is 19.4. The largest absolute Gasteiger partial charge is 0.482 e. The first-order valence-corrected chi connectivity index (χ1v) is 9.58. The molecule has 32 heavy (non-hydrogen) atoms. The summed E-state index contributed by atoms with van der Waals surface area (Å²) in [7, 11) is 0. The van der Waals surface area contributed by atoms with Crippen LogP contribution in [0.15, 0.2) is 51.9 Å². The second-order valence-electron chi connectivity index (χ2n) is 7.28. The average molecular weight is 451 g/mol. The molecule has 7 nitrogen and oxygen atoms in total. The first-order valence-electron chi connectivity index (χ1n) is 9.58. The van der Waals surface area contributed by atoms with E-state index in [9.17, 15) is 27.2 Å². The predicted octanol–water partition coefficient (Wildman–Crippen LogP) is 4.02. The number of ether oxygens (including phenoxy) is 1. The van der Waals surface area contributed by atoms with E-state index in [1.807, 2.05) is 0 Å². The minimum absolute atomic E-state index is 0.0260. The molecular formula is C21H17F4N3O4. The zero-order valence-corrected chi connectivity index (χ0v) is 16.7. The first kappa shape index (κ1) is 21.6. The van der Waals surface area contributed by atoms with Crippen molar-refractivity contribution in [2.24, 2.45) is 0 Å². The van der Waals surface area contributed by atoms with E-state index in [1.54, 1.807) is 0 Å². The molecular weight excluding hydrogens is 434 g/mol. The molecule has 0 fully saturated rings. The maximum atomic E-state index is 13.3. The number of hydrogen-bond acceptors (Lipinski definition) is 5. The standard InChI is InChI=1S/C21H17F4N3O4/c1-12-8-19-27(7-6-18(21(23,24)25)28(19)26-12)20(30)16-9-15(29)17(11-32-16)31-10-13-2-4-14(22)5-3-13/h2-5,8-9,11,18H,6-7,10H2,1H3. The van der Waals surface area contributed by atoms with Gasteiger partial charge in [-0.25, -0.2) is 9.07 Å². The van der Waals surface area contributed by atoms with Gasteiger partial charge in [-0.15, -0.1) is 0 Å². The van der Waals surface area contributed by atoms with Crippen molar-refractivity contribution in [3.05, 3.63) is 75.7 Å². The molecule has 1 atom stereocenters. The molecule has 4 rings (SSSR count). The zero-order valence-electron chi connectivity index (χ0n) is 16.7.